The molecule has 7 nitrogen and oxygen atoms in total. The van der Waals surface area contributed by atoms with Crippen molar-refractivity contribution in [3.8, 4) is 0 Å². The van der Waals surface area contributed by atoms with E-state index in [0.717, 1.165) is 25.0 Å². The SMILES string of the molecule is CCOC(=O)c1cc([C@@H]2CC3(CC3)CN2C(=O)OC(C)(C)C)nn1C. The Kier molecular flexibility index (Phi) is 4.29. The molecule has 0 aromatic carbocycles. The van der Waals surface area contributed by atoms with Gasteiger partial charge in [-0.15, -0.1) is 0 Å². The van der Waals surface area contributed by atoms with Crippen molar-refractivity contribution in [2.75, 3.05) is 13.2 Å². The van der Waals surface area contributed by atoms with Crippen molar-refractivity contribution in [2.45, 2.75) is 58.6 Å². The number of carbonyl (C=O) groups is 2. The van der Waals surface area contributed by atoms with Crippen LogP contribution in [0.25, 0.3) is 0 Å². The lowest BCUT2D eigenvalue weighted by molar-refractivity contribution is 0.0214. The molecule has 1 saturated carbocycles. The lowest BCUT2D eigenvalue weighted by Crippen LogP contribution is -2.37. The Bertz CT molecular complexity index is 685. The van der Waals surface area contributed by atoms with Gasteiger partial charge in [-0.3, -0.25) is 9.58 Å². The van der Waals surface area contributed by atoms with Crippen LogP contribution in [0.3, 0.4) is 0 Å². The van der Waals surface area contributed by atoms with E-state index in [9.17, 15) is 9.59 Å². The second kappa shape index (κ2) is 6.04. The Labute approximate surface area is 148 Å². The van der Waals surface area contributed by atoms with Gasteiger partial charge in [0.25, 0.3) is 0 Å². The quantitative estimate of drug-likeness (QED) is 0.784. The van der Waals surface area contributed by atoms with Gasteiger partial charge < -0.3 is 9.47 Å². The van der Waals surface area contributed by atoms with Crippen molar-refractivity contribution in [3.63, 3.8) is 0 Å². The number of hydrogen-bond acceptors (Lipinski definition) is 5. The summed E-state index contributed by atoms with van der Waals surface area (Å²) in [7, 11) is 1.72. The van der Waals surface area contributed by atoms with Crippen LogP contribution in [0.15, 0.2) is 6.07 Å². The van der Waals surface area contributed by atoms with Crippen molar-refractivity contribution in [2.24, 2.45) is 12.5 Å². The van der Waals surface area contributed by atoms with Gasteiger partial charge in [0.2, 0.25) is 0 Å². The fourth-order valence-corrected chi connectivity index (χ4v) is 3.42. The molecular weight excluding hydrogens is 322 g/mol. The summed E-state index contributed by atoms with van der Waals surface area (Å²) in [5.41, 5.74) is 0.780. The van der Waals surface area contributed by atoms with Crippen LogP contribution in [-0.2, 0) is 16.5 Å². The molecule has 1 spiro atoms. The third kappa shape index (κ3) is 3.65. The summed E-state index contributed by atoms with van der Waals surface area (Å²) in [6.07, 6.45) is 2.80. The lowest BCUT2D eigenvalue weighted by atomic mass is 10.0. The van der Waals surface area contributed by atoms with Gasteiger partial charge in [0.1, 0.15) is 11.3 Å². The molecule has 0 radical (unpaired) electrons. The number of aryl methyl sites for hydroxylation is 1. The van der Waals surface area contributed by atoms with E-state index in [0.29, 0.717) is 18.8 Å². The van der Waals surface area contributed by atoms with Gasteiger partial charge in [-0.2, -0.15) is 5.10 Å². The van der Waals surface area contributed by atoms with Gasteiger partial charge in [-0.1, -0.05) is 0 Å². The molecule has 3 rings (SSSR count). The third-order valence-corrected chi connectivity index (χ3v) is 4.82. The second-order valence-corrected chi connectivity index (χ2v) is 8.13. The number of esters is 1. The lowest BCUT2D eigenvalue weighted by Gasteiger charge is -2.27. The zero-order valence-corrected chi connectivity index (χ0v) is 15.7. The van der Waals surface area contributed by atoms with Crippen LogP contribution in [0.5, 0.6) is 0 Å². The number of nitrogens with zero attached hydrogens (tertiary/aromatic N) is 3. The van der Waals surface area contributed by atoms with Gasteiger partial charge in [0.15, 0.2) is 0 Å². The monoisotopic (exact) mass is 349 g/mol. The molecule has 1 saturated heterocycles. The van der Waals surface area contributed by atoms with Crippen LogP contribution in [0.4, 0.5) is 4.79 Å². The van der Waals surface area contributed by atoms with E-state index in [-0.39, 0.29) is 17.6 Å². The molecule has 0 N–H and O–H groups in total. The largest absolute Gasteiger partial charge is 0.461 e. The smallest absolute Gasteiger partial charge is 0.410 e. The normalized spacial score (nSPS) is 21.5. The maximum Gasteiger partial charge on any atom is 0.410 e. The van der Waals surface area contributed by atoms with E-state index < -0.39 is 11.6 Å². The molecule has 1 amide bonds. The molecular formula is C18H27N3O4. The highest BCUT2D eigenvalue weighted by Crippen LogP contribution is 2.58. The first kappa shape index (κ1) is 17.8. The highest BCUT2D eigenvalue weighted by molar-refractivity contribution is 5.87. The van der Waals surface area contributed by atoms with Crippen molar-refractivity contribution >= 4 is 12.1 Å². The first-order chi connectivity index (χ1) is 11.6. The average molecular weight is 349 g/mol. The molecule has 2 fully saturated rings. The molecule has 2 heterocycles. The number of hydrogen-bond donors (Lipinski definition) is 0. The molecule has 0 unspecified atom stereocenters. The topological polar surface area (TPSA) is 73.7 Å². The molecule has 0 bridgehead atoms. The Balaban J connectivity index is 1.85. The van der Waals surface area contributed by atoms with E-state index in [1.807, 2.05) is 20.8 Å². The summed E-state index contributed by atoms with van der Waals surface area (Å²) < 4.78 is 12.2. The van der Waals surface area contributed by atoms with Gasteiger partial charge in [-0.05, 0) is 58.4 Å². The van der Waals surface area contributed by atoms with Crippen LogP contribution in [0.1, 0.15) is 69.2 Å². The minimum atomic E-state index is -0.541. The molecule has 1 aliphatic heterocycles. The number of aromatic nitrogens is 2. The summed E-state index contributed by atoms with van der Waals surface area (Å²) in [5.74, 6) is -0.397. The fraction of sp³-hybridized carbons (Fsp3) is 0.722. The van der Waals surface area contributed by atoms with Crippen molar-refractivity contribution < 1.29 is 19.1 Å². The molecule has 1 aromatic rings. The fourth-order valence-electron chi connectivity index (χ4n) is 3.42. The molecule has 1 aliphatic carbocycles. The Hall–Kier alpha value is -2.05. The molecule has 7 heteroatoms. The van der Waals surface area contributed by atoms with E-state index in [4.69, 9.17) is 9.47 Å². The number of likely N-dealkylation sites (tertiary alicyclic amines) is 1. The van der Waals surface area contributed by atoms with Crippen LogP contribution in [0, 0.1) is 5.41 Å². The van der Waals surface area contributed by atoms with E-state index in [1.165, 1.54) is 4.68 Å². The zero-order valence-electron chi connectivity index (χ0n) is 15.7. The summed E-state index contributed by atoms with van der Waals surface area (Å²) in [6, 6.07) is 1.58. The highest BCUT2D eigenvalue weighted by atomic mass is 16.6. The minimum absolute atomic E-state index is 0.160. The second-order valence-electron chi connectivity index (χ2n) is 8.13. The molecule has 25 heavy (non-hydrogen) atoms. The molecule has 1 atom stereocenters. The van der Waals surface area contributed by atoms with Crippen LogP contribution in [0.2, 0.25) is 0 Å². The van der Waals surface area contributed by atoms with Gasteiger partial charge in [0, 0.05) is 13.6 Å². The maximum absolute atomic E-state index is 12.7. The number of ether oxygens (including phenoxy) is 2. The van der Waals surface area contributed by atoms with Crippen molar-refractivity contribution in [1.82, 2.24) is 14.7 Å². The Morgan fingerprint density at radius 1 is 1.36 bits per heavy atom. The minimum Gasteiger partial charge on any atom is -0.461 e. The average Bonchev–Trinajstić information content (AvgIpc) is 2.95. The summed E-state index contributed by atoms with van der Waals surface area (Å²) in [6.45, 7) is 8.37. The standard InChI is InChI=1S/C18H27N3O4/c1-6-24-15(22)13-9-12(19-20(13)5)14-10-18(7-8-18)11-21(14)16(23)25-17(2,3)4/h9,14H,6-8,10-11H2,1-5H3/t14-/m0/s1. The molecule has 1 aromatic heterocycles. The van der Waals surface area contributed by atoms with E-state index in [2.05, 4.69) is 5.10 Å². The first-order valence-corrected chi connectivity index (χ1v) is 8.85. The van der Waals surface area contributed by atoms with Crippen molar-refractivity contribution in [1.29, 1.82) is 0 Å². The van der Waals surface area contributed by atoms with E-state index in [1.54, 1.807) is 24.9 Å². The van der Waals surface area contributed by atoms with Crippen LogP contribution in [-0.4, -0.2) is 45.5 Å². The predicted octanol–water partition coefficient (Wildman–Crippen LogP) is 3.06. The number of carbonyl (C=O) groups excluding carboxylic acids is 2. The summed E-state index contributed by atoms with van der Waals surface area (Å²) in [4.78, 5) is 26.5. The van der Waals surface area contributed by atoms with E-state index >= 15 is 0 Å². The summed E-state index contributed by atoms with van der Waals surface area (Å²) in [5, 5.41) is 4.48. The third-order valence-electron chi connectivity index (χ3n) is 4.82. The van der Waals surface area contributed by atoms with Crippen molar-refractivity contribution in [3.05, 3.63) is 17.5 Å². The van der Waals surface area contributed by atoms with Gasteiger partial charge >= 0.3 is 12.1 Å². The number of rotatable bonds is 3. The maximum atomic E-state index is 12.7. The number of amides is 1. The van der Waals surface area contributed by atoms with Gasteiger partial charge in [-0.25, -0.2) is 9.59 Å². The zero-order chi connectivity index (χ0) is 18.4. The van der Waals surface area contributed by atoms with Crippen LogP contribution < -0.4 is 0 Å². The van der Waals surface area contributed by atoms with Crippen LogP contribution >= 0.6 is 0 Å². The molecule has 2 aliphatic rings. The summed E-state index contributed by atoms with van der Waals surface area (Å²) >= 11 is 0. The predicted molar refractivity (Wildman–Crippen MR) is 91.1 cm³/mol. The highest BCUT2D eigenvalue weighted by Gasteiger charge is 2.55. The first-order valence-electron chi connectivity index (χ1n) is 8.85. The molecule has 138 valence electrons. The Morgan fingerprint density at radius 3 is 2.60 bits per heavy atom. The van der Waals surface area contributed by atoms with Gasteiger partial charge in [0.05, 0.1) is 18.3 Å². The Morgan fingerprint density at radius 2 is 2.04 bits per heavy atom.